The molecule has 1 fully saturated rings. The number of hydrogen-bond acceptors (Lipinski definition) is 4. The largest absolute Gasteiger partial charge is 0.416 e. The fourth-order valence-electron chi connectivity index (χ4n) is 3.45. The minimum Gasteiger partial charge on any atom is -0.352 e. The van der Waals surface area contributed by atoms with Crippen molar-refractivity contribution < 1.29 is 31.1 Å². The van der Waals surface area contributed by atoms with Gasteiger partial charge in [-0.3, -0.25) is 4.79 Å². The predicted octanol–water partition coefficient (Wildman–Crippen LogP) is 3.91. The lowest BCUT2D eigenvalue weighted by Crippen LogP contribution is -2.38. The first-order valence-electron chi connectivity index (χ1n) is 9.77. The van der Waals surface area contributed by atoms with Crippen molar-refractivity contribution in [2.24, 2.45) is 5.92 Å². The van der Waals surface area contributed by atoms with Gasteiger partial charge in [-0.15, -0.1) is 5.10 Å². The zero-order chi connectivity index (χ0) is 23.5. The molecule has 3 rings (SSSR count). The molecule has 1 aromatic carbocycles. The van der Waals surface area contributed by atoms with Gasteiger partial charge in [0.15, 0.2) is 5.82 Å². The van der Waals surface area contributed by atoms with Crippen LogP contribution in [0, 0.1) is 5.92 Å². The van der Waals surface area contributed by atoms with Crippen LogP contribution in [0.1, 0.15) is 24.0 Å². The molecule has 1 N–H and O–H groups in total. The van der Waals surface area contributed by atoms with Crippen molar-refractivity contribution in [3.8, 4) is 11.4 Å². The highest BCUT2D eigenvalue weighted by molar-refractivity contribution is 5.90. The van der Waals surface area contributed by atoms with E-state index < -0.39 is 35.0 Å². The molecule has 0 aliphatic carbocycles. The van der Waals surface area contributed by atoms with Crippen molar-refractivity contribution in [1.29, 1.82) is 0 Å². The molecule has 174 valence electrons. The van der Waals surface area contributed by atoms with Gasteiger partial charge in [-0.1, -0.05) is 0 Å². The predicted molar refractivity (Wildman–Crippen MR) is 104 cm³/mol. The zero-order valence-electron chi connectivity index (χ0n) is 17.0. The minimum absolute atomic E-state index is 0.0365. The van der Waals surface area contributed by atoms with Crippen LogP contribution in [0.25, 0.3) is 17.6 Å². The quantitative estimate of drug-likeness (QED) is 0.542. The van der Waals surface area contributed by atoms with E-state index in [4.69, 9.17) is 0 Å². The number of amides is 1. The maximum absolute atomic E-state index is 13.0. The summed E-state index contributed by atoms with van der Waals surface area (Å²) in [6.07, 6.45) is -4.40. The summed E-state index contributed by atoms with van der Waals surface area (Å²) in [5, 5.41) is 6.62. The van der Waals surface area contributed by atoms with Crippen LogP contribution in [0.4, 0.5) is 26.3 Å². The Kier molecular flexibility index (Phi) is 6.91. The van der Waals surface area contributed by atoms with Crippen LogP contribution >= 0.6 is 0 Å². The number of nitrogens with zero attached hydrogens (tertiary/aromatic N) is 4. The Morgan fingerprint density at radius 1 is 1.16 bits per heavy atom. The molecule has 32 heavy (non-hydrogen) atoms. The van der Waals surface area contributed by atoms with E-state index in [0.717, 1.165) is 43.0 Å². The van der Waals surface area contributed by atoms with Gasteiger partial charge < -0.3 is 10.2 Å². The van der Waals surface area contributed by atoms with Crippen LogP contribution in [0.15, 0.2) is 30.6 Å². The molecule has 12 heteroatoms. The van der Waals surface area contributed by atoms with Crippen molar-refractivity contribution in [3.05, 3.63) is 41.7 Å². The summed E-state index contributed by atoms with van der Waals surface area (Å²) in [6, 6.07) is 1.13. The van der Waals surface area contributed by atoms with Gasteiger partial charge in [0.1, 0.15) is 6.33 Å². The van der Waals surface area contributed by atoms with Gasteiger partial charge in [-0.2, -0.15) is 26.3 Å². The third-order valence-corrected chi connectivity index (χ3v) is 5.02. The van der Waals surface area contributed by atoms with Gasteiger partial charge in [0.25, 0.3) is 0 Å². The monoisotopic (exact) mass is 461 g/mol. The lowest BCUT2D eigenvalue weighted by Gasteiger charge is -2.29. The summed E-state index contributed by atoms with van der Waals surface area (Å²) in [5.74, 6) is -0.390. The molecule has 2 aromatic rings. The summed E-state index contributed by atoms with van der Waals surface area (Å²) in [5.41, 5.74) is -3.35. The Morgan fingerprint density at radius 3 is 2.41 bits per heavy atom. The fourth-order valence-corrected chi connectivity index (χ4v) is 3.45. The molecule has 1 saturated heterocycles. The van der Waals surface area contributed by atoms with E-state index in [1.165, 1.54) is 6.20 Å². The summed E-state index contributed by atoms with van der Waals surface area (Å²) < 4.78 is 79.2. The number of likely N-dealkylation sites (tertiary alicyclic amines) is 1. The first-order valence-corrected chi connectivity index (χ1v) is 9.77. The number of piperidine rings is 1. The molecule has 0 spiro atoms. The van der Waals surface area contributed by atoms with Crippen molar-refractivity contribution in [2.45, 2.75) is 25.2 Å². The SMILES string of the molecule is CN1CCCC(CNC(=O)/C=C\n2cnc(-c3cc(C(F)(F)F)cc(C(F)(F)F)c3)n2)C1. The van der Waals surface area contributed by atoms with Crippen molar-refractivity contribution >= 4 is 12.1 Å². The van der Waals surface area contributed by atoms with Crippen LogP contribution in [-0.4, -0.2) is 52.3 Å². The van der Waals surface area contributed by atoms with Gasteiger partial charge in [0.05, 0.1) is 11.1 Å². The number of carbonyl (C=O) groups is 1. The third kappa shape index (κ3) is 6.31. The normalized spacial score (nSPS) is 18.3. The lowest BCUT2D eigenvalue weighted by atomic mass is 9.98. The van der Waals surface area contributed by atoms with E-state index in [2.05, 4.69) is 20.3 Å². The Labute approximate surface area is 179 Å². The van der Waals surface area contributed by atoms with Gasteiger partial charge >= 0.3 is 12.4 Å². The average Bonchev–Trinajstić information content (AvgIpc) is 3.18. The molecule has 2 heterocycles. The molecule has 1 aromatic heterocycles. The van der Waals surface area contributed by atoms with E-state index >= 15 is 0 Å². The number of alkyl halides is 6. The molecule has 1 aliphatic rings. The van der Waals surface area contributed by atoms with E-state index in [-0.39, 0.29) is 11.9 Å². The number of carbonyl (C=O) groups excluding carboxylic acids is 1. The number of rotatable bonds is 5. The van der Waals surface area contributed by atoms with Gasteiger partial charge in [0, 0.05) is 30.9 Å². The molecule has 6 nitrogen and oxygen atoms in total. The number of benzene rings is 1. The Bertz CT molecular complexity index is 949. The number of nitrogens with one attached hydrogen (secondary N) is 1. The zero-order valence-corrected chi connectivity index (χ0v) is 17.0. The Hall–Kier alpha value is -2.89. The highest BCUT2D eigenvalue weighted by Gasteiger charge is 2.37. The van der Waals surface area contributed by atoms with Crippen molar-refractivity contribution in [1.82, 2.24) is 25.0 Å². The molecular formula is C20H21F6N5O. The van der Waals surface area contributed by atoms with E-state index in [1.807, 2.05) is 7.05 Å². The summed E-state index contributed by atoms with van der Waals surface area (Å²) in [7, 11) is 2.01. The van der Waals surface area contributed by atoms with Crippen LogP contribution in [-0.2, 0) is 17.1 Å². The second kappa shape index (κ2) is 9.31. The first kappa shape index (κ1) is 23.8. The molecular weight excluding hydrogens is 440 g/mol. The average molecular weight is 461 g/mol. The summed E-state index contributed by atoms with van der Waals surface area (Å²) >= 11 is 0. The van der Waals surface area contributed by atoms with Gasteiger partial charge in [0.2, 0.25) is 5.91 Å². The molecule has 1 unspecified atom stereocenters. The standard InChI is InChI=1S/C20H21F6N5O/c1-30-5-2-3-13(11-30)10-27-17(32)4-6-31-12-28-18(29-31)14-7-15(19(21,22)23)9-16(8-14)20(24,25)26/h4,6-9,12-13H,2-3,5,10-11H2,1H3,(H,27,32)/b6-4-. The van der Waals surface area contributed by atoms with Crippen molar-refractivity contribution in [2.75, 3.05) is 26.7 Å². The Balaban J connectivity index is 1.70. The van der Waals surface area contributed by atoms with Crippen LogP contribution in [0.2, 0.25) is 0 Å². The van der Waals surface area contributed by atoms with Gasteiger partial charge in [-0.25, -0.2) is 9.67 Å². The number of aromatic nitrogens is 3. The third-order valence-electron chi connectivity index (χ3n) is 5.02. The molecule has 1 atom stereocenters. The summed E-state index contributed by atoms with van der Waals surface area (Å²) in [6.45, 7) is 2.41. The van der Waals surface area contributed by atoms with E-state index in [0.29, 0.717) is 24.6 Å². The first-order chi connectivity index (χ1) is 14.9. The Morgan fingerprint density at radius 2 is 1.81 bits per heavy atom. The second-order valence-electron chi connectivity index (χ2n) is 7.67. The highest BCUT2D eigenvalue weighted by Crippen LogP contribution is 2.38. The number of hydrogen-bond donors (Lipinski definition) is 1. The maximum Gasteiger partial charge on any atom is 0.416 e. The fraction of sp³-hybridized carbons (Fsp3) is 0.450. The summed E-state index contributed by atoms with van der Waals surface area (Å²) in [4.78, 5) is 18.0. The highest BCUT2D eigenvalue weighted by atomic mass is 19.4. The smallest absolute Gasteiger partial charge is 0.352 e. The van der Waals surface area contributed by atoms with E-state index in [9.17, 15) is 31.1 Å². The molecule has 0 saturated carbocycles. The topological polar surface area (TPSA) is 63.1 Å². The van der Waals surface area contributed by atoms with E-state index in [1.54, 1.807) is 0 Å². The lowest BCUT2D eigenvalue weighted by molar-refractivity contribution is -0.143. The van der Waals surface area contributed by atoms with Gasteiger partial charge in [-0.05, 0) is 50.6 Å². The van der Waals surface area contributed by atoms with Crippen LogP contribution in [0.5, 0.6) is 0 Å². The molecule has 0 radical (unpaired) electrons. The van der Waals surface area contributed by atoms with Crippen molar-refractivity contribution in [3.63, 3.8) is 0 Å². The second-order valence-corrected chi connectivity index (χ2v) is 7.67. The maximum atomic E-state index is 13.0. The minimum atomic E-state index is -4.97. The molecule has 1 amide bonds. The van der Waals surface area contributed by atoms with Crippen LogP contribution in [0.3, 0.4) is 0 Å². The molecule has 0 bridgehead atoms. The number of halogens is 6. The van der Waals surface area contributed by atoms with Crippen LogP contribution < -0.4 is 5.32 Å². The molecule has 1 aliphatic heterocycles.